The Hall–Kier alpha value is -1.71. The SMILES string of the molecule is CCC(O)C1CCC(n2c(=O)sc3c(=O)[nH]c(N)nc32)O1. The minimum atomic E-state index is -0.558. The number of hydrogen-bond acceptors (Lipinski definition) is 7. The molecule has 3 atom stereocenters. The molecule has 2 aromatic heterocycles. The molecule has 3 unspecified atom stereocenters. The third kappa shape index (κ3) is 2.37. The second-order valence-electron chi connectivity index (χ2n) is 5.02. The van der Waals surface area contributed by atoms with Crippen LogP contribution in [-0.4, -0.2) is 31.8 Å². The Bertz CT molecular complexity index is 780. The highest BCUT2D eigenvalue weighted by Gasteiger charge is 2.33. The lowest BCUT2D eigenvalue weighted by atomic mass is 10.1. The van der Waals surface area contributed by atoms with Crippen molar-refractivity contribution < 1.29 is 9.84 Å². The van der Waals surface area contributed by atoms with E-state index in [9.17, 15) is 14.7 Å². The van der Waals surface area contributed by atoms with Crippen LogP contribution in [0.3, 0.4) is 0 Å². The third-order valence-corrected chi connectivity index (χ3v) is 4.60. The van der Waals surface area contributed by atoms with Gasteiger partial charge in [0, 0.05) is 0 Å². The molecule has 4 N–H and O–H groups in total. The van der Waals surface area contributed by atoms with Crippen LogP contribution in [0.1, 0.15) is 32.4 Å². The van der Waals surface area contributed by atoms with Crippen molar-refractivity contribution in [2.45, 2.75) is 44.6 Å². The summed E-state index contributed by atoms with van der Waals surface area (Å²) in [6.07, 6.45) is 0.440. The van der Waals surface area contributed by atoms with Crippen molar-refractivity contribution in [1.29, 1.82) is 0 Å². The second kappa shape index (κ2) is 5.24. The van der Waals surface area contributed by atoms with Gasteiger partial charge in [-0.3, -0.25) is 19.1 Å². The van der Waals surface area contributed by atoms with Gasteiger partial charge in [0.25, 0.3) is 5.56 Å². The first-order valence-corrected chi connectivity index (χ1v) is 7.57. The van der Waals surface area contributed by atoms with Crippen molar-refractivity contribution in [1.82, 2.24) is 14.5 Å². The number of aromatic amines is 1. The number of hydrogen-bond donors (Lipinski definition) is 3. The number of fused-ring (bicyclic) bond motifs is 1. The first kappa shape index (κ1) is 14.2. The Morgan fingerprint density at radius 3 is 3.05 bits per heavy atom. The Balaban J connectivity index is 2.04. The molecule has 0 aromatic carbocycles. The van der Waals surface area contributed by atoms with Crippen molar-refractivity contribution in [3.05, 3.63) is 20.0 Å². The number of nitrogens with one attached hydrogen (secondary N) is 1. The van der Waals surface area contributed by atoms with Crippen molar-refractivity contribution in [3.63, 3.8) is 0 Å². The quantitative estimate of drug-likeness (QED) is 0.742. The Labute approximate surface area is 123 Å². The minimum Gasteiger partial charge on any atom is -0.390 e. The van der Waals surface area contributed by atoms with Gasteiger partial charge in [-0.15, -0.1) is 0 Å². The minimum absolute atomic E-state index is 0.0396. The number of nitrogen functional groups attached to an aromatic ring is 1. The van der Waals surface area contributed by atoms with E-state index in [0.717, 1.165) is 11.3 Å². The predicted molar refractivity (Wildman–Crippen MR) is 78.4 cm³/mol. The van der Waals surface area contributed by atoms with E-state index in [4.69, 9.17) is 10.5 Å². The molecule has 0 bridgehead atoms. The first-order chi connectivity index (χ1) is 10.0. The summed E-state index contributed by atoms with van der Waals surface area (Å²) >= 11 is 0.819. The zero-order valence-electron chi connectivity index (χ0n) is 11.4. The highest BCUT2D eigenvalue weighted by atomic mass is 32.1. The summed E-state index contributed by atoms with van der Waals surface area (Å²) < 4.78 is 7.34. The molecule has 3 heterocycles. The molecule has 3 rings (SSSR count). The molecule has 8 nitrogen and oxygen atoms in total. The lowest BCUT2D eigenvalue weighted by Crippen LogP contribution is -2.27. The molecule has 0 spiro atoms. The largest absolute Gasteiger partial charge is 0.390 e. The van der Waals surface area contributed by atoms with Crippen molar-refractivity contribution >= 4 is 27.6 Å². The average molecular weight is 312 g/mol. The summed E-state index contributed by atoms with van der Waals surface area (Å²) in [4.78, 5) is 30.0. The van der Waals surface area contributed by atoms with E-state index in [0.29, 0.717) is 19.3 Å². The molecule has 0 saturated carbocycles. The molecular weight excluding hydrogens is 296 g/mol. The van der Waals surface area contributed by atoms with Crippen LogP contribution in [0, 0.1) is 0 Å². The summed E-state index contributed by atoms with van der Waals surface area (Å²) in [6, 6.07) is 0. The van der Waals surface area contributed by atoms with Crippen LogP contribution in [0.4, 0.5) is 5.95 Å². The van der Waals surface area contributed by atoms with Crippen molar-refractivity contribution in [3.8, 4) is 0 Å². The van der Waals surface area contributed by atoms with E-state index in [2.05, 4.69) is 9.97 Å². The fourth-order valence-electron chi connectivity index (χ4n) is 2.58. The van der Waals surface area contributed by atoms with E-state index >= 15 is 0 Å². The van der Waals surface area contributed by atoms with E-state index in [1.54, 1.807) is 0 Å². The maximum Gasteiger partial charge on any atom is 0.311 e. The van der Waals surface area contributed by atoms with Crippen LogP contribution in [0.15, 0.2) is 9.59 Å². The molecule has 9 heteroatoms. The molecule has 1 aliphatic rings. The number of nitrogens with two attached hydrogens (primary N) is 1. The zero-order chi connectivity index (χ0) is 15.1. The monoisotopic (exact) mass is 312 g/mol. The second-order valence-corrected chi connectivity index (χ2v) is 5.99. The van der Waals surface area contributed by atoms with Gasteiger partial charge in [0.1, 0.15) is 10.9 Å². The summed E-state index contributed by atoms with van der Waals surface area (Å²) in [6.45, 7) is 1.87. The number of aliphatic hydroxyl groups is 1. The van der Waals surface area contributed by atoms with Crippen LogP contribution in [0.25, 0.3) is 10.3 Å². The summed E-state index contributed by atoms with van der Waals surface area (Å²) in [5, 5.41) is 9.84. The van der Waals surface area contributed by atoms with Gasteiger partial charge in [0.05, 0.1) is 12.2 Å². The lowest BCUT2D eigenvalue weighted by Gasteiger charge is -2.18. The number of nitrogens with zero attached hydrogens (tertiary/aromatic N) is 2. The Kier molecular flexibility index (Phi) is 3.56. The maximum absolute atomic E-state index is 12.1. The van der Waals surface area contributed by atoms with Gasteiger partial charge in [-0.05, 0) is 19.3 Å². The summed E-state index contributed by atoms with van der Waals surface area (Å²) in [5.41, 5.74) is 5.35. The zero-order valence-corrected chi connectivity index (χ0v) is 12.2. The topological polar surface area (TPSA) is 123 Å². The maximum atomic E-state index is 12.1. The summed E-state index contributed by atoms with van der Waals surface area (Å²) in [5.74, 6) is -0.0396. The number of H-pyrrole nitrogens is 1. The fourth-order valence-corrected chi connectivity index (χ4v) is 3.44. The van der Waals surface area contributed by atoms with Crippen LogP contribution in [-0.2, 0) is 4.74 Å². The third-order valence-electron chi connectivity index (χ3n) is 3.66. The molecule has 0 amide bonds. The molecule has 1 saturated heterocycles. The number of aromatic nitrogens is 3. The number of anilines is 1. The van der Waals surface area contributed by atoms with Crippen molar-refractivity contribution in [2.24, 2.45) is 0 Å². The van der Waals surface area contributed by atoms with Gasteiger partial charge >= 0.3 is 4.87 Å². The van der Waals surface area contributed by atoms with E-state index < -0.39 is 17.9 Å². The van der Waals surface area contributed by atoms with Gasteiger partial charge < -0.3 is 15.6 Å². The Morgan fingerprint density at radius 1 is 1.57 bits per heavy atom. The predicted octanol–water partition coefficient (Wildman–Crippen LogP) is 0.177. The molecular formula is C12H16N4O4S. The molecule has 21 heavy (non-hydrogen) atoms. The van der Waals surface area contributed by atoms with Gasteiger partial charge in [-0.1, -0.05) is 18.3 Å². The number of aliphatic hydroxyl groups excluding tert-OH is 1. The standard InChI is InChI=1S/C12H16N4O4S/c1-2-5(17)6-3-4-7(20-6)16-9-8(21-12(16)19)10(18)15-11(13)14-9/h5-7,17H,2-4H2,1H3,(H3,13,14,15,18). The number of ether oxygens (including phenoxy) is 1. The fraction of sp³-hybridized carbons (Fsp3) is 0.583. The lowest BCUT2D eigenvalue weighted by molar-refractivity contribution is -0.0590. The first-order valence-electron chi connectivity index (χ1n) is 6.75. The van der Waals surface area contributed by atoms with Crippen molar-refractivity contribution in [2.75, 3.05) is 5.73 Å². The number of thiazole rings is 1. The van der Waals surface area contributed by atoms with E-state index in [1.165, 1.54) is 4.57 Å². The van der Waals surface area contributed by atoms with Crippen LogP contribution in [0.5, 0.6) is 0 Å². The van der Waals surface area contributed by atoms with Crippen LogP contribution >= 0.6 is 11.3 Å². The molecule has 0 radical (unpaired) electrons. The average Bonchev–Trinajstić information content (AvgIpc) is 3.02. The van der Waals surface area contributed by atoms with Gasteiger partial charge in [0.2, 0.25) is 5.95 Å². The summed E-state index contributed by atoms with van der Waals surface area (Å²) in [7, 11) is 0. The molecule has 1 fully saturated rings. The van der Waals surface area contributed by atoms with Crippen LogP contribution in [0.2, 0.25) is 0 Å². The van der Waals surface area contributed by atoms with Crippen LogP contribution < -0.4 is 16.2 Å². The van der Waals surface area contributed by atoms with Gasteiger partial charge in [-0.25, -0.2) is 0 Å². The van der Waals surface area contributed by atoms with E-state index in [-0.39, 0.29) is 27.3 Å². The van der Waals surface area contributed by atoms with Gasteiger partial charge in [-0.2, -0.15) is 4.98 Å². The molecule has 1 aliphatic heterocycles. The van der Waals surface area contributed by atoms with E-state index in [1.807, 2.05) is 6.92 Å². The van der Waals surface area contributed by atoms with Gasteiger partial charge in [0.15, 0.2) is 5.65 Å². The molecule has 2 aromatic rings. The molecule has 114 valence electrons. The number of rotatable bonds is 3. The molecule has 0 aliphatic carbocycles. The highest BCUT2D eigenvalue weighted by molar-refractivity contribution is 7.16. The highest BCUT2D eigenvalue weighted by Crippen LogP contribution is 2.32. The Morgan fingerprint density at radius 2 is 2.33 bits per heavy atom. The smallest absolute Gasteiger partial charge is 0.311 e. The normalized spacial score (nSPS) is 23.7.